The molecule has 0 heterocycles. The van der Waals surface area contributed by atoms with Gasteiger partial charge in [-0.3, -0.25) is 4.79 Å². The molecule has 13 heavy (non-hydrogen) atoms. The third-order valence-electron chi connectivity index (χ3n) is 1.07. The van der Waals surface area contributed by atoms with Gasteiger partial charge in [0.25, 0.3) is 6.47 Å². The lowest BCUT2D eigenvalue weighted by Gasteiger charge is -2.10. The van der Waals surface area contributed by atoms with Crippen molar-refractivity contribution in [3.8, 4) is 0 Å². The van der Waals surface area contributed by atoms with Crippen LogP contribution in [0.2, 0.25) is 19.6 Å². The molecule has 0 radical (unpaired) electrons. The fraction of sp³-hybridized carbons (Fsp3) is 0.300. The molecule has 0 aliphatic carbocycles. The zero-order valence-corrected chi connectivity index (χ0v) is 9.36. The van der Waals surface area contributed by atoms with Crippen molar-refractivity contribution >= 4 is 14.8 Å². The highest BCUT2D eigenvalue weighted by atomic mass is 28.4. The first-order chi connectivity index (χ1) is 6.06. The highest BCUT2D eigenvalue weighted by Crippen LogP contribution is 1.98. The van der Waals surface area contributed by atoms with E-state index in [2.05, 4.69) is 4.43 Å². The van der Waals surface area contributed by atoms with Crippen LogP contribution in [0.5, 0.6) is 0 Å². The lowest BCUT2D eigenvalue weighted by atomic mass is 10.4. The van der Waals surface area contributed by atoms with Crippen LogP contribution >= 0.6 is 0 Å². The summed E-state index contributed by atoms with van der Waals surface area (Å²) in [6.07, 6.45) is 0. The second-order valence-corrected chi connectivity index (χ2v) is 7.94. The quantitative estimate of drug-likeness (QED) is 0.537. The SMILES string of the molecule is C[Si](C)(C)OC=O.c1ccccc1. The van der Waals surface area contributed by atoms with Gasteiger partial charge in [-0.15, -0.1) is 0 Å². The highest BCUT2D eigenvalue weighted by Gasteiger charge is 2.13. The molecule has 3 heteroatoms. The van der Waals surface area contributed by atoms with Crippen molar-refractivity contribution in [2.24, 2.45) is 0 Å². The molecule has 0 aromatic heterocycles. The van der Waals surface area contributed by atoms with E-state index >= 15 is 0 Å². The molecule has 1 aromatic carbocycles. The average Bonchev–Trinajstić information content (AvgIpc) is 2.06. The Bertz CT molecular complexity index is 189. The summed E-state index contributed by atoms with van der Waals surface area (Å²) in [5.74, 6) is 0. The van der Waals surface area contributed by atoms with E-state index in [0.29, 0.717) is 6.47 Å². The number of benzene rings is 1. The van der Waals surface area contributed by atoms with E-state index in [1.165, 1.54) is 0 Å². The van der Waals surface area contributed by atoms with E-state index in [0.717, 1.165) is 0 Å². The molecule has 0 atom stereocenters. The largest absolute Gasteiger partial charge is 0.522 e. The molecule has 0 aliphatic heterocycles. The first kappa shape index (κ1) is 11.9. The summed E-state index contributed by atoms with van der Waals surface area (Å²) in [5, 5.41) is 0. The first-order valence-corrected chi connectivity index (χ1v) is 7.58. The monoisotopic (exact) mass is 196 g/mol. The van der Waals surface area contributed by atoms with E-state index in [1.807, 2.05) is 56.0 Å². The van der Waals surface area contributed by atoms with E-state index in [-0.39, 0.29) is 0 Å². The van der Waals surface area contributed by atoms with E-state index in [4.69, 9.17) is 0 Å². The van der Waals surface area contributed by atoms with E-state index in [1.54, 1.807) is 0 Å². The van der Waals surface area contributed by atoms with Crippen LogP contribution < -0.4 is 0 Å². The Hall–Kier alpha value is -1.09. The summed E-state index contributed by atoms with van der Waals surface area (Å²) in [4.78, 5) is 9.63. The molecule has 0 N–H and O–H groups in total. The van der Waals surface area contributed by atoms with Gasteiger partial charge in [-0.25, -0.2) is 0 Å². The third kappa shape index (κ3) is 10.9. The smallest absolute Gasteiger partial charge is 0.279 e. The maximum atomic E-state index is 9.63. The molecule has 1 aromatic rings. The Morgan fingerprint density at radius 1 is 0.923 bits per heavy atom. The molecular weight excluding hydrogens is 180 g/mol. The number of hydrogen-bond donors (Lipinski definition) is 0. The average molecular weight is 196 g/mol. The standard InChI is InChI=1S/C6H6.C4H10O2Si/c1-2-4-6-5-3-1;1-7(2,3)6-4-5/h1-6H;4H,1-3H3. The van der Waals surface area contributed by atoms with Crippen molar-refractivity contribution in [2.75, 3.05) is 0 Å². The molecule has 0 unspecified atom stereocenters. The van der Waals surface area contributed by atoms with Crippen LogP contribution in [-0.4, -0.2) is 14.8 Å². The van der Waals surface area contributed by atoms with Gasteiger partial charge in [-0.2, -0.15) is 0 Å². The molecule has 0 saturated heterocycles. The number of rotatable bonds is 2. The zero-order chi connectivity index (χ0) is 10.2. The van der Waals surface area contributed by atoms with Crippen molar-refractivity contribution in [3.63, 3.8) is 0 Å². The van der Waals surface area contributed by atoms with Crippen LogP contribution in [0.25, 0.3) is 0 Å². The summed E-state index contributed by atoms with van der Waals surface area (Å²) in [6, 6.07) is 12.0. The summed E-state index contributed by atoms with van der Waals surface area (Å²) in [6.45, 7) is 6.40. The van der Waals surface area contributed by atoms with Crippen LogP contribution in [0, 0.1) is 0 Å². The minimum atomic E-state index is -1.53. The van der Waals surface area contributed by atoms with Crippen LogP contribution in [0.4, 0.5) is 0 Å². The second kappa shape index (κ2) is 6.43. The van der Waals surface area contributed by atoms with E-state index < -0.39 is 8.32 Å². The molecule has 0 spiro atoms. The number of hydrogen-bond acceptors (Lipinski definition) is 2. The molecule has 0 fully saturated rings. The van der Waals surface area contributed by atoms with Gasteiger partial charge in [0, 0.05) is 0 Å². The van der Waals surface area contributed by atoms with Crippen molar-refractivity contribution in [1.82, 2.24) is 0 Å². The molecule has 0 amide bonds. The van der Waals surface area contributed by atoms with Crippen LogP contribution in [0.15, 0.2) is 36.4 Å². The van der Waals surface area contributed by atoms with Crippen molar-refractivity contribution in [1.29, 1.82) is 0 Å². The minimum Gasteiger partial charge on any atom is -0.522 e. The predicted octanol–water partition coefficient (Wildman–Crippen LogP) is 2.68. The second-order valence-electron chi connectivity index (χ2n) is 3.48. The van der Waals surface area contributed by atoms with Crippen LogP contribution in [-0.2, 0) is 9.22 Å². The van der Waals surface area contributed by atoms with Gasteiger partial charge in [0.05, 0.1) is 0 Å². The lowest BCUT2D eigenvalue weighted by molar-refractivity contribution is -0.121. The van der Waals surface area contributed by atoms with Crippen molar-refractivity contribution in [3.05, 3.63) is 36.4 Å². The number of carbonyl (C=O) groups excluding carboxylic acids is 1. The number of carbonyl (C=O) groups is 1. The van der Waals surface area contributed by atoms with Crippen molar-refractivity contribution in [2.45, 2.75) is 19.6 Å². The van der Waals surface area contributed by atoms with Crippen molar-refractivity contribution < 1.29 is 9.22 Å². The Morgan fingerprint density at radius 2 is 1.23 bits per heavy atom. The molecule has 0 bridgehead atoms. The van der Waals surface area contributed by atoms with Crippen LogP contribution in [0.1, 0.15) is 0 Å². The van der Waals surface area contributed by atoms with Crippen LogP contribution in [0.3, 0.4) is 0 Å². The van der Waals surface area contributed by atoms with Gasteiger partial charge in [-0.1, -0.05) is 36.4 Å². The first-order valence-electron chi connectivity index (χ1n) is 4.18. The summed E-state index contributed by atoms with van der Waals surface area (Å²) < 4.78 is 4.69. The highest BCUT2D eigenvalue weighted by molar-refractivity contribution is 6.70. The van der Waals surface area contributed by atoms with E-state index in [9.17, 15) is 4.79 Å². The maximum Gasteiger partial charge on any atom is 0.279 e. The molecule has 0 aliphatic rings. The molecule has 2 nitrogen and oxygen atoms in total. The molecule has 1 rings (SSSR count). The van der Waals surface area contributed by atoms with Gasteiger partial charge in [-0.05, 0) is 19.6 Å². The molecule has 0 saturated carbocycles. The summed E-state index contributed by atoms with van der Waals surface area (Å²) in [7, 11) is -1.53. The Balaban J connectivity index is 0.000000223. The Kier molecular flexibility index (Phi) is 5.89. The fourth-order valence-corrected chi connectivity index (χ4v) is 0.818. The van der Waals surface area contributed by atoms with Gasteiger partial charge < -0.3 is 4.43 Å². The zero-order valence-electron chi connectivity index (χ0n) is 8.36. The normalized spacial score (nSPS) is 9.46. The topological polar surface area (TPSA) is 26.3 Å². The minimum absolute atomic E-state index is 0.520. The molecule has 72 valence electrons. The Labute approximate surface area is 80.7 Å². The summed E-state index contributed by atoms with van der Waals surface area (Å²) in [5.41, 5.74) is 0. The Morgan fingerprint density at radius 3 is 1.31 bits per heavy atom. The molecular formula is C10H16O2Si. The summed E-state index contributed by atoms with van der Waals surface area (Å²) >= 11 is 0. The maximum absolute atomic E-state index is 9.63. The van der Waals surface area contributed by atoms with Gasteiger partial charge in [0.1, 0.15) is 0 Å². The predicted molar refractivity (Wildman–Crippen MR) is 56.9 cm³/mol. The van der Waals surface area contributed by atoms with Gasteiger partial charge >= 0.3 is 0 Å². The van der Waals surface area contributed by atoms with Gasteiger partial charge in [0.15, 0.2) is 0 Å². The lowest BCUT2D eigenvalue weighted by Crippen LogP contribution is -2.23. The fourth-order valence-electron chi connectivity index (χ4n) is 0.529. The third-order valence-corrected chi connectivity index (χ3v) is 1.87. The van der Waals surface area contributed by atoms with Gasteiger partial charge in [0.2, 0.25) is 8.32 Å².